The molecule has 3 aromatic rings. The highest BCUT2D eigenvalue weighted by Crippen LogP contribution is 2.28. The first-order valence-corrected chi connectivity index (χ1v) is 8.24. The molecule has 0 saturated heterocycles. The Bertz CT molecular complexity index is 939. The SMILES string of the molecule is COc1ccc(CCC(=O)C(C#N)c2nc3ccccc3[nH]2)cc1OC. The van der Waals surface area contributed by atoms with E-state index in [4.69, 9.17) is 9.47 Å². The maximum atomic E-state index is 12.6. The standard InChI is InChI=1S/C20H19N3O3/c1-25-18-10-8-13(11-19(18)26-2)7-9-17(24)14(12-21)20-22-15-5-3-4-6-16(15)23-20/h3-6,8,10-11,14H,7,9H2,1-2H3,(H,22,23). The second kappa shape index (κ2) is 7.70. The molecule has 1 heterocycles. The quantitative estimate of drug-likeness (QED) is 0.706. The lowest BCUT2D eigenvalue weighted by Gasteiger charge is -2.10. The molecule has 0 aliphatic rings. The van der Waals surface area contributed by atoms with Crippen LogP contribution in [0, 0.1) is 11.3 Å². The third kappa shape index (κ3) is 3.52. The van der Waals surface area contributed by atoms with Gasteiger partial charge in [-0.2, -0.15) is 5.26 Å². The highest BCUT2D eigenvalue weighted by atomic mass is 16.5. The van der Waals surface area contributed by atoms with E-state index >= 15 is 0 Å². The van der Waals surface area contributed by atoms with Gasteiger partial charge in [-0.3, -0.25) is 4.79 Å². The van der Waals surface area contributed by atoms with Crippen LogP contribution >= 0.6 is 0 Å². The van der Waals surface area contributed by atoms with Gasteiger partial charge in [-0.1, -0.05) is 18.2 Å². The zero-order chi connectivity index (χ0) is 18.5. The van der Waals surface area contributed by atoms with Crippen LogP contribution in [0.15, 0.2) is 42.5 Å². The van der Waals surface area contributed by atoms with Gasteiger partial charge in [0.2, 0.25) is 0 Å². The van der Waals surface area contributed by atoms with Crippen molar-refractivity contribution in [1.82, 2.24) is 9.97 Å². The van der Waals surface area contributed by atoms with Crippen LogP contribution in [0.3, 0.4) is 0 Å². The number of carbonyl (C=O) groups excluding carboxylic acids is 1. The van der Waals surface area contributed by atoms with Gasteiger partial charge in [0.15, 0.2) is 23.2 Å². The Kier molecular flexibility index (Phi) is 5.18. The van der Waals surface area contributed by atoms with E-state index in [1.807, 2.05) is 36.4 Å². The summed E-state index contributed by atoms with van der Waals surface area (Å²) in [5, 5.41) is 9.46. The zero-order valence-electron chi connectivity index (χ0n) is 14.7. The molecular weight excluding hydrogens is 330 g/mol. The van der Waals surface area contributed by atoms with Crippen molar-refractivity contribution in [1.29, 1.82) is 5.26 Å². The molecular formula is C20H19N3O3. The van der Waals surface area contributed by atoms with Gasteiger partial charge in [-0.25, -0.2) is 4.98 Å². The predicted octanol–water partition coefficient (Wildman–Crippen LogP) is 3.39. The largest absolute Gasteiger partial charge is 0.493 e. The van der Waals surface area contributed by atoms with Crippen LogP contribution < -0.4 is 9.47 Å². The van der Waals surface area contributed by atoms with Crippen molar-refractivity contribution >= 4 is 16.8 Å². The normalized spacial score (nSPS) is 11.7. The van der Waals surface area contributed by atoms with Gasteiger partial charge in [0.1, 0.15) is 5.82 Å². The van der Waals surface area contributed by atoms with Gasteiger partial charge < -0.3 is 14.5 Å². The number of aromatic nitrogens is 2. The molecule has 0 spiro atoms. The summed E-state index contributed by atoms with van der Waals surface area (Å²) in [6.45, 7) is 0. The summed E-state index contributed by atoms with van der Waals surface area (Å²) in [4.78, 5) is 20.0. The minimum Gasteiger partial charge on any atom is -0.493 e. The number of H-pyrrole nitrogens is 1. The van der Waals surface area contributed by atoms with Gasteiger partial charge in [-0.05, 0) is 36.2 Å². The molecule has 132 valence electrons. The van der Waals surface area contributed by atoms with E-state index in [2.05, 4.69) is 16.0 Å². The Labute approximate surface area is 151 Å². The Morgan fingerprint density at radius 2 is 1.96 bits per heavy atom. The molecule has 6 heteroatoms. The van der Waals surface area contributed by atoms with E-state index in [1.54, 1.807) is 20.3 Å². The third-order valence-electron chi connectivity index (χ3n) is 4.24. The molecule has 0 bridgehead atoms. The number of rotatable bonds is 7. The topological polar surface area (TPSA) is 88.0 Å². The minimum atomic E-state index is -0.900. The van der Waals surface area contributed by atoms with E-state index in [0.29, 0.717) is 23.7 Å². The van der Waals surface area contributed by atoms with Gasteiger partial charge in [0.05, 0.1) is 31.3 Å². The fraction of sp³-hybridized carbons (Fsp3) is 0.250. The number of ether oxygens (including phenoxy) is 2. The van der Waals surface area contributed by atoms with Crippen molar-refractivity contribution < 1.29 is 14.3 Å². The summed E-state index contributed by atoms with van der Waals surface area (Å²) in [5.74, 6) is 0.584. The molecule has 0 fully saturated rings. The van der Waals surface area contributed by atoms with E-state index in [1.165, 1.54) is 0 Å². The number of benzene rings is 2. The number of ketones is 1. The molecule has 0 aliphatic heterocycles. The molecule has 1 N–H and O–H groups in total. The first-order valence-electron chi connectivity index (χ1n) is 8.24. The van der Waals surface area contributed by atoms with E-state index < -0.39 is 5.92 Å². The number of nitrogens with zero attached hydrogens (tertiary/aromatic N) is 2. The van der Waals surface area contributed by atoms with Crippen molar-refractivity contribution in [2.24, 2.45) is 0 Å². The number of carbonyl (C=O) groups is 1. The monoisotopic (exact) mass is 349 g/mol. The number of imidazole rings is 1. The van der Waals surface area contributed by atoms with Crippen molar-refractivity contribution in [3.05, 3.63) is 53.9 Å². The number of nitriles is 1. The van der Waals surface area contributed by atoms with Crippen LogP contribution in [0.4, 0.5) is 0 Å². The second-order valence-corrected chi connectivity index (χ2v) is 5.86. The second-order valence-electron chi connectivity index (χ2n) is 5.86. The predicted molar refractivity (Wildman–Crippen MR) is 97.3 cm³/mol. The number of aryl methyl sites for hydroxylation is 1. The Morgan fingerprint density at radius 1 is 1.19 bits per heavy atom. The Morgan fingerprint density at radius 3 is 2.65 bits per heavy atom. The van der Waals surface area contributed by atoms with Crippen molar-refractivity contribution in [2.75, 3.05) is 14.2 Å². The lowest BCUT2D eigenvalue weighted by molar-refractivity contribution is -0.119. The van der Waals surface area contributed by atoms with Gasteiger partial charge >= 0.3 is 0 Å². The van der Waals surface area contributed by atoms with Crippen LogP contribution in [0.1, 0.15) is 23.7 Å². The summed E-state index contributed by atoms with van der Waals surface area (Å²) < 4.78 is 10.5. The summed E-state index contributed by atoms with van der Waals surface area (Å²) in [6, 6.07) is 15.1. The summed E-state index contributed by atoms with van der Waals surface area (Å²) in [5.41, 5.74) is 2.50. The number of hydrogen-bond donors (Lipinski definition) is 1. The number of hydrogen-bond acceptors (Lipinski definition) is 5. The highest BCUT2D eigenvalue weighted by Gasteiger charge is 2.23. The van der Waals surface area contributed by atoms with Crippen LogP contribution in [-0.2, 0) is 11.2 Å². The molecule has 0 radical (unpaired) electrons. The molecule has 0 saturated carbocycles. The average molecular weight is 349 g/mol. The van der Waals surface area contributed by atoms with Crippen LogP contribution in [0.5, 0.6) is 11.5 Å². The van der Waals surface area contributed by atoms with Crippen LogP contribution in [0.2, 0.25) is 0 Å². The maximum Gasteiger partial charge on any atom is 0.162 e. The lowest BCUT2D eigenvalue weighted by atomic mass is 9.98. The number of aromatic amines is 1. The first kappa shape index (κ1) is 17.5. The Hall–Kier alpha value is -3.33. The first-order chi connectivity index (χ1) is 12.7. The number of Topliss-reactive ketones (excluding diaryl/α,β-unsaturated/α-hetero) is 1. The van der Waals surface area contributed by atoms with Crippen molar-refractivity contribution in [2.45, 2.75) is 18.8 Å². The number of nitrogens with one attached hydrogen (secondary N) is 1. The summed E-state index contributed by atoms with van der Waals surface area (Å²) in [7, 11) is 3.14. The minimum absolute atomic E-state index is 0.165. The number of fused-ring (bicyclic) bond motifs is 1. The fourth-order valence-corrected chi connectivity index (χ4v) is 2.84. The lowest BCUT2D eigenvalue weighted by Crippen LogP contribution is -2.13. The number of methoxy groups -OCH3 is 2. The van der Waals surface area contributed by atoms with Gasteiger partial charge in [0, 0.05) is 6.42 Å². The molecule has 1 atom stereocenters. The van der Waals surface area contributed by atoms with Crippen molar-refractivity contribution in [3.8, 4) is 17.6 Å². The summed E-state index contributed by atoms with van der Waals surface area (Å²) in [6.07, 6.45) is 0.752. The molecule has 3 rings (SSSR count). The number of para-hydroxylation sites is 2. The molecule has 1 unspecified atom stereocenters. The van der Waals surface area contributed by atoms with Gasteiger partial charge in [-0.15, -0.1) is 0 Å². The van der Waals surface area contributed by atoms with Crippen molar-refractivity contribution in [3.63, 3.8) is 0 Å². The maximum absolute atomic E-state index is 12.6. The molecule has 26 heavy (non-hydrogen) atoms. The molecule has 0 aliphatic carbocycles. The fourth-order valence-electron chi connectivity index (χ4n) is 2.84. The third-order valence-corrected chi connectivity index (χ3v) is 4.24. The van der Waals surface area contributed by atoms with E-state index in [0.717, 1.165) is 16.6 Å². The molecule has 2 aromatic carbocycles. The molecule has 0 amide bonds. The van der Waals surface area contributed by atoms with Crippen LogP contribution in [0.25, 0.3) is 11.0 Å². The smallest absolute Gasteiger partial charge is 0.162 e. The van der Waals surface area contributed by atoms with Gasteiger partial charge in [0.25, 0.3) is 0 Å². The highest BCUT2D eigenvalue weighted by molar-refractivity contribution is 5.89. The molecule has 6 nitrogen and oxygen atoms in total. The van der Waals surface area contributed by atoms with E-state index in [-0.39, 0.29) is 12.2 Å². The average Bonchev–Trinajstić information content (AvgIpc) is 3.10. The van der Waals surface area contributed by atoms with Crippen LogP contribution in [-0.4, -0.2) is 30.0 Å². The Balaban J connectivity index is 1.73. The zero-order valence-corrected chi connectivity index (χ0v) is 14.7. The molecule has 1 aromatic heterocycles. The summed E-state index contributed by atoms with van der Waals surface area (Å²) >= 11 is 0. The van der Waals surface area contributed by atoms with E-state index in [9.17, 15) is 10.1 Å².